The molecule has 0 radical (unpaired) electrons. The molecule has 0 bridgehead atoms. The van der Waals surface area contributed by atoms with Gasteiger partial charge in [0.25, 0.3) is 0 Å². The van der Waals surface area contributed by atoms with Gasteiger partial charge in [0.05, 0.1) is 0 Å². The average molecular weight is 241 g/mol. The number of rotatable bonds is 5. The van der Waals surface area contributed by atoms with Crippen LogP contribution in [-0.4, -0.2) is 13.7 Å². The van der Waals surface area contributed by atoms with Gasteiger partial charge in [-0.2, -0.15) is 0 Å². The minimum atomic E-state index is 0.158. The monoisotopic (exact) mass is 241 g/mol. The Morgan fingerprint density at radius 1 is 1.00 bits per heavy atom. The van der Waals surface area contributed by atoms with Crippen molar-refractivity contribution in [2.45, 2.75) is 0 Å². The maximum Gasteiger partial charge on any atom is 0.152 e. The summed E-state index contributed by atoms with van der Waals surface area (Å²) in [5, 5.41) is 6.16. The van der Waals surface area contributed by atoms with E-state index in [9.17, 15) is 4.91 Å². The van der Waals surface area contributed by atoms with E-state index in [1.807, 2.05) is 61.6 Å². The Balaban J connectivity index is 2.06. The zero-order valence-electron chi connectivity index (χ0n) is 10.2. The van der Waals surface area contributed by atoms with Crippen LogP contribution in [0.2, 0.25) is 0 Å². The highest BCUT2D eigenvalue weighted by molar-refractivity contribution is 5.62. The van der Waals surface area contributed by atoms with Crippen molar-refractivity contribution < 1.29 is 0 Å². The largest absolute Gasteiger partial charge is 0.356 e. The lowest BCUT2D eigenvalue weighted by Crippen LogP contribution is -2.16. The first-order valence-electron chi connectivity index (χ1n) is 5.72. The molecule has 0 fully saturated rings. The van der Waals surface area contributed by atoms with E-state index in [-0.39, 0.29) is 6.67 Å². The second-order valence-electron chi connectivity index (χ2n) is 4.01. The van der Waals surface area contributed by atoms with Gasteiger partial charge < -0.3 is 10.2 Å². The molecule has 0 aliphatic heterocycles. The molecule has 18 heavy (non-hydrogen) atoms. The Labute approximate surface area is 106 Å². The highest BCUT2D eigenvalue weighted by atomic mass is 16.3. The van der Waals surface area contributed by atoms with Crippen molar-refractivity contribution in [1.29, 1.82) is 0 Å². The molecule has 0 spiro atoms. The lowest BCUT2D eigenvalue weighted by Gasteiger charge is -2.15. The number of hydrogen-bond donors (Lipinski definition) is 1. The van der Waals surface area contributed by atoms with Gasteiger partial charge in [-0.25, -0.2) is 0 Å². The predicted octanol–water partition coefficient (Wildman–Crippen LogP) is 3.59. The molecule has 0 aliphatic rings. The van der Waals surface area contributed by atoms with Crippen LogP contribution in [0.3, 0.4) is 0 Å². The molecule has 0 unspecified atom stereocenters. The highest BCUT2D eigenvalue weighted by Gasteiger charge is 2.00. The minimum Gasteiger partial charge on any atom is -0.356 e. The van der Waals surface area contributed by atoms with Gasteiger partial charge >= 0.3 is 0 Å². The Kier molecular flexibility index (Phi) is 3.91. The molecule has 0 heterocycles. The molecular formula is C14H15N3O. The van der Waals surface area contributed by atoms with Gasteiger partial charge in [-0.1, -0.05) is 18.2 Å². The van der Waals surface area contributed by atoms with Crippen molar-refractivity contribution in [2.24, 2.45) is 5.18 Å². The van der Waals surface area contributed by atoms with E-state index < -0.39 is 0 Å². The standard InChI is InChI=1S/C14H15N3O/c1-17(11-15-18)14-9-7-13(8-10-14)16-12-5-3-2-4-6-12/h2-10,16H,11H2,1H3. The van der Waals surface area contributed by atoms with Crippen molar-refractivity contribution >= 4 is 17.1 Å². The van der Waals surface area contributed by atoms with Crippen molar-refractivity contribution in [3.63, 3.8) is 0 Å². The van der Waals surface area contributed by atoms with E-state index in [2.05, 4.69) is 10.5 Å². The van der Waals surface area contributed by atoms with E-state index in [1.54, 1.807) is 4.90 Å². The van der Waals surface area contributed by atoms with E-state index in [4.69, 9.17) is 0 Å². The van der Waals surface area contributed by atoms with Gasteiger partial charge in [0, 0.05) is 24.1 Å². The summed E-state index contributed by atoms with van der Waals surface area (Å²) in [7, 11) is 1.83. The van der Waals surface area contributed by atoms with E-state index in [0.29, 0.717) is 0 Å². The van der Waals surface area contributed by atoms with Gasteiger partial charge in [-0.15, -0.1) is 4.91 Å². The first-order valence-corrected chi connectivity index (χ1v) is 5.72. The second-order valence-corrected chi connectivity index (χ2v) is 4.01. The Hall–Kier alpha value is -2.36. The van der Waals surface area contributed by atoms with Crippen LogP contribution >= 0.6 is 0 Å². The molecule has 0 aromatic heterocycles. The van der Waals surface area contributed by atoms with E-state index in [0.717, 1.165) is 17.1 Å². The smallest absolute Gasteiger partial charge is 0.152 e. The number of nitrogens with one attached hydrogen (secondary N) is 1. The fourth-order valence-corrected chi connectivity index (χ4v) is 1.66. The van der Waals surface area contributed by atoms with Crippen molar-refractivity contribution in [3.8, 4) is 0 Å². The molecule has 92 valence electrons. The molecule has 0 saturated heterocycles. The first kappa shape index (κ1) is 12.1. The number of para-hydroxylation sites is 1. The van der Waals surface area contributed by atoms with Crippen molar-refractivity contribution in [3.05, 3.63) is 59.5 Å². The van der Waals surface area contributed by atoms with Gasteiger partial charge in [0.1, 0.15) is 0 Å². The summed E-state index contributed by atoms with van der Waals surface area (Å²) in [6, 6.07) is 17.8. The number of nitrogens with zero attached hydrogens (tertiary/aromatic N) is 2. The van der Waals surface area contributed by atoms with E-state index >= 15 is 0 Å². The molecule has 0 saturated carbocycles. The van der Waals surface area contributed by atoms with Gasteiger partial charge in [-0.05, 0) is 41.6 Å². The number of benzene rings is 2. The third kappa shape index (κ3) is 3.07. The van der Waals surface area contributed by atoms with Crippen molar-refractivity contribution in [2.75, 3.05) is 23.9 Å². The average Bonchev–Trinajstić information content (AvgIpc) is 2.41. The molecule has 0 amide bonds. The molecule has 2 rings (SSSR count). The van der Waals surface area contributed by atoms with Crippen LogP contribution in [0.4, 0.5) is 17.1 Å². The predicted molar refractivity (Wildman–Crippen MR) is 75.2 cm³/mol. The fourth-order valence-electron chi connectivity index (χ4n) is 1.66. The lowest BCUT2D eigenvalue weighted by atomic mass is 10.2. The van der Waals surface area contributed by atoms with Crippen LogP contribution in [0, 0.1) is 4.91 Å². The molecule has 2 aromatic rings. The number of hydrogen-bond acceptors (Lipinski definition) is 4. The van der Waals surface area contributed by atoms with Crippen LogP contribution in [0.25, 0.3) is 0 Å². The summed E-state index contributed by atoms with van der Waals surface area (Å²) in [4.78, 5) is 12.0. The fraction of sp³-hybridized carbons (Fsp3) is 0.143. The summed E-state index contributed by atoms with van der Waals surface area (Å²) in [5.74, 6) is 0. The molecule has 0 aliphatic carbocycles. The Morgan fingerprint density at radius 3 is 2.22 bits per heavy atom. The molecule has 4 nitrogen and oxygen atoms in total. The number of anilines is 3. The second kappa shape index (κ2) is 5.82. The number of nitroso groups, excluding NO2 is 1. The quantitative estimate of drug-likeness (QED) is 0.813. The van der Waals surface area contributed by atoms with Crippen LogP contribution < -0.4 is 10.2 Å². The summed E-state index contributed by atoms with van der Waals surface area (Å²) in [5.41, 5.74) is 3.03. The van der Waals surface area contributed by atoms with Gasteiger partial charge in [-0.3, -0.25) is 0 Å². The third-order valence-electron chi connectivity index (χ3n) is 2.64. The zero-order valence-corrected chi connectivity index (χ0v) is 10.2. The minimum absolute atomic E-state index is 0.158. The molecule has 2 aromatic carbocycles. The summed E-state index contributed by atoms with van der Waals surface area (Å²) >= 11 is 0. The SMILES string of the molecule is CN(CN=O)c1ccc(Nc2ccccc2)cc1. The van der Waals surface area contributed by atoms with E-state index in [1.165, 1.54) is 0 Å². The van der Waals surface area contributed by atoms with Gasteiger partial charge in [0.15, 0.2) is 6.67 Å². The lowest BCUT2D eigenvalue weighted by molar-refractivity contribution is 0.926. The third-order valence-corrected chi connectivity index (χ3v) is 2.64. The summed E-state index contributed by atoms with van der Waals surface area (Å²) in [6.07, 6.45) is 0. The molecule has 4 heteroatoms. The van der Waals surface area contributed by atoms with Crippen LogP contribution in [-0.2, 0) is 0 Å². The zero-order chi connectivity index (χ0) is 12.8. The van der Waals surface area contributed by atoms with Gasteiger partial charge in [0.2, 0.25) is 0 Å². The first-order chi connectivity index (χ1) is 8.79. The molecular weight excluding hydrogens is 226 g/mol. The van der Waals surface area contributed by atoms with Crippen molar-refractivity contribution in [1.82, 2.24) is 0 Å². The van der Waals surface area contributed by atoms with Crippen LogP contribution in [0.1, 0.15) is 0 Å². The summed E-state index contributed by atoms with van der Waals surface area (Å²) in [6.45, 7) is 0.158. The Bertz CT molecular complexity index is 496. The Morgan fingerprint density at radius 2 is 1.61 bits per heavy atom. The maximum absolute atomic E-state index is 10.2. The maximum atomic E-state index is 10.2. The van der Waals surface area contributed by atoms with Crippen LogP contribution in [0.5, 0.6) is 0 Å². The molecule has 0 atom stereocenters. The summed E-state index contributed by atoms with van der Waals surface area (Å²) < 4.78 is 0. The molecule has 1 N–H and O–H groups in total. The normalized spacial score (nSPS) is 9.83. The van der Waals surface area contributed by atoms with Crippen LogP contribution in [0.15, 0.2) is 59.8 Å². The highest BCUT2D eigenvalue weighted by Crippen LogP contribution is 2.20. The topological polar surface area (TPSA) is 44.7 Å².